The molecule has 2 aliphatic rings. The van der Waals surface area contributed by atoms with Gasteiger partial charge in [0.25, 0.3) is 11.8 Å². The molecule has 0 unspecified atom stereocenters. The molecule has 6 heteroatoms. The lowest BCUT2D eigenvalue weighted by molar-refractivity contribution is -0.115. The number of para-hydroxylation sites is 3. The minimum atomic E-state index is -0.255. The lowest BCUT2D eigenvalue weighted by Crippen LogP contribution is -2.30. The Morgan fingerprint density at radius 2 is 1.50 bits per heavy atom. The molecule has 0 saturated carbocycles. The highest BCUT2D eigenvalue weighted by Gasteiger charge is 2.42. The van der Waals surface area contributed by atoms with Gasteiger partial charge >= 0.3 is 0 Å². The molecule has 0 bridgehead atoms. The zero-order chi connectivity index (χ0) is 22.1. The van der Waals surface area contributed by atoms with Crippen molar-refractivity contribution in [3.05, 3.63) is 108 Å². The summed E-state index contributed by atoms with van der Waals surface area (Å²) in [6.07, 6.45) is 1.68. The van der Waals surface area contributed by atoms with E-state index in [0.29, 0.717) is 27.9 Å². The monoisotopic (exact) mass is 437 g/mol. The van der Waals surface area contributed by atoms with Crippen molar-refractivity contribution in [1.29, 1.82) is 0 Å². The molecule has 3 aromatic rings. The van der Waals surface area contributed by atoms with E-state index in [-0.39, 0.29) is 11.8 Å². The summed E-state index contributed by atoms with van der Waals surface area (Å²) < 4.78 is 0. The minimum Gasteiger partial charge on any atom is -0.304 e. The van der Waals surface area contributed by atoms with Gasteiger partial charge in [-0.05, 0) is 42.1 Å². The van der Waals surface area contributed by atoms with E-state index in [0.717, 1.165) is 16.9 Å². The highest BCUT2D eigenvalue weighted by Crippen LogP contribution is 2.45. The maximum absolute atomic E-state index is 13.7. The number of amides is 2. The van der Waals surface area contributed by atoms with Gasteiger partial charge in [0.15, 0.2) is 5.17 Å². The van der Waals surface area contributed by atoms with Crippen molar-refractivity contribution in [3.8, 4) is 0 Å². The molecule has 156 valence electrons. The van der Waals surface area contributed by atoms with Crippen LogP contribution in [0.4, 0.5) is 17.1 Å². The number of nitrogens with zero attached hydrogens (tertiary/aromatic N) is 3. The van der Waals surface area contributed by atoms with Gasteiger partial charge in [0.05, 0.1) is 27.5 Å². The average molecular weight is 438 g/mol. The average Bonchev–Trinajstić information content (AvgIpc) is 3.28. The Labute approximate surface area is 190 Å². The topological polar surface area (TPSA) is 53.0 Å². The highest BCUT2D eigenvalue weighted by molar-refractivity contribution is 8.19. The molecule has 1 saturated heterocycles. The molecule has 3 aromatic carbocycles. The molecule has 0 spiro atoms. The third kappa shape index (κ3) is 3.35. The number of hydrogen-bond acceptors (Lipinski definition) is 4. The molecular formula is C26H19N3O2S. The van der Waals surface area contributed by atoms with Gasteiger partial charge in [-0.25, -0.2) is 4.99 Å². The lowest BCUT2D eigenvalue weighted by Gasteiger charge is -2.15. The number of amidine groups is 1. The number of carbonyl (C=O) groups excluding carboxylic acids is 2. The first-order chi connectivity index (χ1) is 15.7. The largest absolute Gasteiger partial charge is 0.304 e. The first-order valence-corrected chi connectivity index (χ1v) is 11.0. The number of anilines is 2. The third-order valence-electron chi connectivity index (χ3n) is 5.24. The summed E-state index contributed by atoms with van der Waals surface area (Å²) in [4.78, 5) is 35.4. The zero-order valence-electron chi connectivity index (χ0n) is 17.1. The molecule has 0 aliphatic carbocycles. The highest BCUT2D eigenvalue weighted by atomic mass is 32.2. The maximum Gasteiger partial charge on any atom is 0.272 e. The Kier molecular flexibility index (Phi) is 5.21. The van der Waals surface area contributed by atoms with E-state index in [1.54, 1.807) is 15.9 Å². The van der Waals surface area contributed by atoms with E-state index in [9.17, 15) is 9.59 Å². The molecule has 0 N–H and O–H groups in total. The van der Waals surface area contributed by atoms with Gasteiger partial charge < -0.3 is 4.90 Å². The molecule has 5 nitrogen and oxygen atoms in total. The van der Waals surface area contributed by atoms with Crippen LogP contribution < -0.4 is 9.80 Å². The molecule has 0 aromatic heterocycles. The molecule has 5 rings (SSSR count). The van der Waals surface area contributed by atoms with E-state index < -0.39 is 0 Å². The van der Waals surface area contributed by atoms with E-state index in [1.807, 2.05) is 84.9 Å². The van der Waals surface area contributed by atoms with Gasteiger partial charge in [-0.1, -0.05) is 60.7 Å². The van der Waals surface area contributed by atoms with E-state index in [1.165, 1.54) is 11.8 Å². The standard InChI is InChI=1S/C26H19N3O2S/c1-2-17-28-21-16-10-9-15-20(21)22(24(28)30)23-25(31)29(19-13-7-4-8-14-19)26(32-23)27-18-11-5-3-6-12-18/h2-16H,1,17H2. The third-order valence-corrected chi connectivity index (χ3v) is 6.28. The predicted octanol–water partition coefficient (Wildman–Crippen LogP) is 5.40. The summed E-state index contributed by atoms with van der Waals surface area (Å²) in [5.74, 6) is -0.453. The van der Waals surface area contributed by atoms with Crippen LogP contribution >= 0.6 is 11.8 Å². The van der Waals surface area contributed by atoms with Crippen LogP contribution in [0.3, 0.4) is 0 Å². The minimum absolute atomic E-state index is 0.198. The molecule has 32 heavy (non-hydrogen) atoms. The van der Waals surface area contributed by atoms with Gasteiger partial charge in [0, 0.05) is 12.1 Å². The van der Waals surface area contributed by atoms with Gasteiger partial charge in [-0.2, -0.15) is 0 Å². The smallest absolute Gasteiger partial charge is 0.272 e. The number of benzene rings is 3. The van der Waals surface area contributed by atoms with Gasteiger partial charge in [-0.3, -0.25) is 14.5 Å². The summed E-state index contributed by atoms with van der Waals surface area (Å²) in [6, 6.07) is 26.4. The first kappa shape index (κ1) is 20.0. The van der Waals surface area contributed by atoms with Gasteiger partial charge in [-0.15, -0.1) is 6.58 Å². The molecule has 2 amide bonds. The van der Waals surface area contributed by atoms with Gasteiger partial charge in [0.2, 0.25) is 0 Å². The first-order valence-electron chi connectivity index (χ1n) is 10.2. The summed E-state index contributed by atoms with van der Waals surface area (Å²) in [6.45, 7) is 4.14. The van der Waals surface area contributed by atoms with Crippen molar-refractivity contribution < 1.29 is 9.59 Å². The van der Waals surface area contributed by atoms with Crippen LogP contribution in [0.5, 0.6) is 0 Å². The molecule has 0 atom stereocenters. The number of rotatable bonds is 4. The van der Waals surface area contributed by atoms with E-state index in [4.69, 9.17) is 4.99 Å². The number of hydrogen-bond donors (Lipinski definition) is 0. The van der Waals surface area contributed by atoms with Crippen LogP contribution in [-0.4, -0.2) is 23.5 Å². The fourth-order valence-electron chi connectivity index (χ4n) is 3.83. The van der Waals surface area contributed by atoms with E-state index >= 15 is 0 Å². The molecule has 2 heterocycles. The Morgan fingerprint density at radius 1 is 0.844 bits per heavy atom. The summed E-state index contributed by atoms with van der Waals surface area (Å²) in [5.41, 5.74) is 3.40. The van der Waals surface area contributed by atoms with Crippen LogP contribution in [0.25, 0.3) is 5.57 Å². The van der Waals surface area contributed by atoms with Crippen LogP contribution in [0.15, 0.2) is 107 Å². The summed E-state index contributed by atoms with van der Waals surface area (Å²) in [7, 11) is 0. The summed E-state index contributed by atoms with van der Waals surface area (Å²) >= 11 is 1.23. The van der Waals surface area contributed by atoms with Crippen molar-refractivity contribution in [2.45, 2.75) is 0 Å². The maximum atomic E-state index is 13.7. The molecular weight excluding hydrogens is 418 g/mol. The predicted molar refractivity (Wildman–Crippen MR) is 131 cm³/mol. The number of fused-ring (bicyclic) bond motifs is 1. The Hall–Kier alpha value is -3.90. The normalized spacial score (nSPS) is 19.1. The Morgan fingerprint density at radius 3 is 2.22 bits per heavy atom. The second-order valence-electron chi connectivity index (χ2n) is 7.23. The van der Waals surface area contributed by atoms with Gasteiger partial charge in [0.1, 0.15) is 0 Å². The zero-order valence-corrected chi connectivity index (χ0v) is 18.0. The quantitative estimate of drug-likeness (QED) is 0.406. The Bertz CT molecular complexity index is 1280. The van der Waals surface area contributed by atoms with Crippen LogP contribution in [0.2, 0.25) is 0 Å². The second kappa shape index (κ2) is 8.32. The van der Waals surface area contributed by atoms with E-state index in [2.05, 4.69) is 6.58 Å². The van der Waals surface area contributed by atoms with Crippen molar-refractivity contribution in [1.82, 2.24) is 0 Å². The molecule has 1 fully saturated rings. The van der Waals surface area contributed by atoms with Crippen LogP contribution in [0, 0.1) is 0 Å². The fraction of sp³-hybridized carbons (Fsp3) is 0.0385. The fourth-order valence-corrected chi connectivity index (χ4v) is 4.92. The number of thioether (sulfide) groups is 1. The Balaban J connectivity index is 1.68. The molecule has 0 radical (unpaired) electrons. The summed E-state index contributed by atoms with van der Waals surface area (Å²) in [5, 5.41) is 0.516. The van der Waals surface area contributed by atoms with Crippen molar-refractivity contribution >= 4 is 51.4 Å². The SMILES string of the molecule is C=CCN1C(=O)C(=C2SC(=Nc3ccccc3)N(c3ccccc3)C2=O)c2ccccc21. The number of carbonyl (C=O) groups is 2. The molecule has 2 aliphatic heterocycles. The second-order valence-corrected chi connectivity index (χ2v) is 8.21. The van der Waals surface area contributed by atoms with Crippen molar-refractivity contribution in [2.24, 2.45) is 4.99 Å². The lowest BCUT2D eigenvalue weighted by atomic mass is 10.1. The van der Waals surface area contributed by atoms with Crippen molar-refractivity contribution in [3.63, 3.8) is 0 Å². The number of aliphatic imine (C=N–C) groups is 1. The van der Waals surface area contributed by atoms with Crippen molar-refractivity contribution in [2.75, 3.05) is 16.3 Å². The van der Waals surface area contributed by atoms with Crippen LogP contribution in [-0.2, 0) is 9.59 Å². The van der Waals surface area contributed by atoms with Crippen LogP contribution in [0.1, 0.15) is 5.56 Å².